The van der Waals surface area contributed by atoms with E-state index in [1.54, 1.807) is 12.1 Å². The Balaban J connectivity index is 2.55. The van der Waals surface area contributed by atoms with Gasteiger partial charge in [0, 0.05) is 12.0 Å². The molecule has 0 amide bonds. The first-order valence-electron chi connectivity index (χ1n) is 4.49. The van der Waals surface area contributed by atoms with Gasteiger partial charge in [0.1, 0.15) is 5.82 Å². The second kappa shape index (κ2) is 2.95. The van der Waals surface area contributed by atoms with Crippen molar-refractivity contribution < 1.29 is 9.18 Å². The fourth-order valence-electron chi connectivity index (χ4n) is 1.87. The van der Waals surface area contributed by atoms with E-state index in [1.165, 1.54) is 6.07 Å². The van der Waals surface area contributed by atoms with Crippen molar-refractivity contribution in [2.75, 3.05) is 0 Å². The van der Waals surface area contributed by atoms with Crippen LogP contribution in [0.3, 0.4) is 0 Å². The molecule has 0 N–H and O–H groups in total. The van der Waals surface area contributed by atoms with Crippen LogP contribution in [-0.2, 0) is 6.42 Å². The van der Waals surface area contributed by atoms with Gasteiger partial charge in [-0.25, -0.2) is 4.39 Å². The highest BCUT2D eigenvalue weighted by atomic mass is 19.1. The van der Waals surface area contributed by atoms with Gasteiger partial charge >= 0.3 is 0 Å². The smallest absolute Gasteiger partial charge is 0.163 e. The standard InChI is InChI=1S/C11H11FO/c1-7-5-9-8(11(13)6-7)3-2-4-10(9)12/h2-4,7H,5-6H2,1H3. The summed E-state index contributed by atoms with van der Waals surface area (Å²) in [4.78, 5) is 11.5. The minimum atomic E-state index is -0.239. The Hall–Kier alpha value is -1.18. The number of hydrogen-bond donors (Lipinski definition) is 0. The van der Waals surface area contributed by atoms with Gasteiger partial charge in [-0.15, -0.1) is 0 Å². The third-order valence-corrected chi connectivity index (χ3v) is 2.51. The molecule has 0 spiro atoms. The largest absolute Gasteiger partial charge is 0.294 e. The second-order valence-corrected chi connectivity index (χ2v) is 3.70. The predicted octanol–water partition coefficient (Wildman–Crippen LogP) is 2.59. The number of hydrogen-bond acceptors (Lipinski definition) is 1. The number of carbonyl (C=O) groups is 1. The Morgan fingerprint density at radius 1 is 1.38 bits per heavy atom. The summed E-state index contributed by atoms with van der Waals surface area (Å²) < 4.78 is 13.3. The Labute approximate surface area is 76.6 Å². The maximum atomic E-state index is 13.3. The van der Waals surface area contributed by atoms with Crippen LogP contribution in [0.4, 0.5) is 4.39 Å². The van der Waals surface area contributed by atoms with Gasteiger partial charge in [0.2, 0.25) is 0 Å². The molecule has 1 aromatic carbocycles. The molecule has 0 radical (unpaired) electrons. The van der Waals surface area contributed by atoms with Crippen molar-refractivity contribution in [1.82, 2.24) is 0 Å². The Kier molecular flexibility index (Phi) is 1.91. The molecular weight excluding hydrogens is 167 g/mol. The predicted molar refractivity (Wildman–Crippen MR) is 48.2 cm³/mol. The summed E-state index contributed by atoms with van der Waals surface area (Å²) in [6.45, 7) is 1.98. The quantitative estimate of drug-likeness (QED) is 0.596. The molecule has 1 atom stereocenters. The molecule has 0 bridgehead atoms. The van der Waals surface area contributed by atoms with Crippen LogP contribution < -0.4 is 0 Å². The van der Waals surface area contributed by atoms with Gasteiger partial charge in [0.15, 0.2) is 5.78 Å². The first kappa shape index (κ1) is 8.42. The Morgan fingerprint density at radius 3 is 2.92 bits per heavy atom. The number of ketones is 1. The molecule has 1 aromatic rings. The molecule has 0 aliphatic heterocycles. The lowest BCUT2D eigenvalue weighted by Gasteiger charge is -2.20. The molecular formula is C11H11FO. The van der Waals surface area contributed by atoms with Crippen LogP contribution in [0.1, 0.15) is 29.3 Å². The minimum absolute atomic E-state index is 0.0771. The van der Waals surface area contributed by atoms with Crippen molar-refractivity contribution in [3.8, 4) is 0 Å². The van der Waals surface area contributed by atoms with Gasteiger partial charge in [0.05, 0.1) is 0 Å². The average molecular weight is 178 g/mol. The molecule has 68 valence electrons. The zero-order valence-electron chi connectivity index (χ0n) is 7.51. The lowest BCUT2D eigenvalue weighted by Crippen LogP contribution is -2.19. The van der Waals surface area contributed by atoms with Gasteiger partial charge in [-0.05, 0) is 24.0 Å². The first-order chi connectivity index (χ1) is 6.18. The van der Waals surface area contributed by atoms with E-state index in [4.69, 9.17) is 0 Å². The zero-order chi connectivity index (χ0) is 9.42. The summed E-state index contributed by atoms with van der Waals surface area (Å²) in [6.07, 6.45) is 1.24. The lowest BCUT2D eigenvalue weighted by atomic mass is 9.84. The number of fused-ring (bicyclic) bond motifs is 1. The average Bonchev–Trinajstić information content (AvgIpc) is 2.07. The number of rotatable bonds is 0. The molecule has 0 heterocycles. The third kappa shape index (κ3) is 1.37. The summed E-state index contributed by atoms with van der Waals surface area (Å²) in [7, 11) is 0. The highest BCUT2D eigenvalue weighted by Crippen LogP contribution is 2.26. The van der Waals surface area contributed by atoms with Crippen LogP contribution >= 0.6 is 0 Å². The number of Topliss-reactive ketones (excluding diaryl/α,β-unsaturated/α-hetero) is 1. The summed E-state index contributed by atoms with van der Waals surface area (Å²) in [5.74, 6) is 0.113. The normalized spacial score (nSPS) is 21.4. The van der Waals surface area contributed by atoms with E-state index in [-0.39, 0.29) is 17.5 Å². The number of benzene rings is 1. The highest BCUT2D eigenvalue weighted by Gasteiger charge is 2.24. The van der Waals surface area contributed by atoms with Crippen LogP contribution in [-0.4, -0.2) is 5.78 Å². The van der Waals surface area contributed by atoms with Crippen molar-refractivity contribution >= 4 is 5.78 Å². The van der Waals surface area contributed by atoms with E-state index in [1.807, 2.05) is 6.92 Å². The molecule has 2 rings (SSSR count). The van der Waals surface area contributed by atoms with E-state index in [9.17, 15) is 9.18 Å². The molecule has 1 aliphatic carbocycles. The maximum absolute atomic E-state index is 13.3. The summed E-state index contributed by atoms with van der Waals surface area (Å²) in [5, 5.41) is 0. The molecule has 2 heteroatoms. The first-order valence-corrected chi connectivity index (χ1v) is 4.49. The monoisotopic (exact) mass is 178 g/mol. The summed E-state index contributed by atoms with van der Waals surface area (Å²) in [5.41, 5.74) is 1.18. The fraction of sp³-hybridized carbons (Fsp3) is 0.364. The molecule has 13 heavy (non-hydrogen) atoms. The van der Waals surface area contributed by atoms with E-state index in [0.29, 0.717) is 24.0 Å². The molecule has 1 aliphatic rings. The van der Waals surface area contributed by atoms with Crippen LogP contribution in [0.2, 0.25) is 0 Å². The van der Waals surface area contributed by atoms with E-state index < -0.39 is 0 Å². The van der Waals surface area contributed by atoms with Crippen molar-refractivity contribution in [2.24, 2.45) is 5.92 Å². The minimum Gasteiger partial charge on any atom is -0.294 e. The van der Waals surface area contributed by atoms with Gasteiger partial charge in [-0.2, -0.15) is 0 Å². The molecule has 0 fully saturated rings. The molecule has 1 unspecified atom stereocenters. The molecule has 1 nitrogen and oxygen atoms in total. The van der Waals surface area contributed by atoms with Gasteiger partial charge in [-0.3, -0.25) is 4.79 Å². The SMILES string of the molecule is CC1CC(=O)c2cccc(F)c2C1. The van der Waals surface area contributed by atoms with Crippen LogP contribution in [0, 0.1) is 11.7 Å². The highest BCUT2D eigenvalue weighted by molar-refractivity contribution is 5.98. The molecule has 0 aromatic heterocycles. The van der Waals surface area contributed by atoms with Crippen molar-refractivity contribution in [3.05, 3.63) is 35.1 Å². The van der Waals surface area contributed by atoms with E-state index >= 15 is 0 Å². The van der Waals surface area contributed by atoms with Crippen molar-refractivity contribution in [3.63, 3.8) is 0 Å². The van der Waals surface area contributed by atoms with Gasteiger partial charge in [-0.1, -0.05) is 19.1 Å². The summed E-state index contributed by atoms with van der Waals surface area (Å²) >= 11 is 0. The van der Waals surface area contributed by atoms with E-state index in [2.05, 4.69) is 0 Å². The van der Waals surface area contributed by atoms with E-state index in [0.717, 1.165) is 0 Å². The number of carbonyl (C=O) groups excluding carboxylic acids is 1. The summed E-state index contributed by atoms with van der Waals surface area (Å²) in [6, 6.07) is 4.73. The lowest BCUT2D eigenvalue weighted by molar-refractivity contribution is 0.0952. The van der Waals surface area contributed by atoms with Crippen LogP contribution in [0.15, 0.2) is 18.2 Å². The van der Waals surface area contributed by atoms with Crippen molar-refractivity contribution in [1.29, 1.82) is 0 Å². The number of halogens is 1. The second-order valence-electron chi connectivity index (χ2n) is 3.70. The maximum Gasteiger partial charge on any atom is 0.163 e. The fourth-order valence-corrected chi connectivity index (χ4v) is 1.87. The van der Waals surface area contributed by atoms with Crippen LogP contribution in [0.25, 0.3) is 0 Å². The van der Waals surface area contributed by atoms with Gasteiger partial charge < -0.3 is 0 Å². The van der Waals surface area contributed by atoms with Crippen LogP contribution in [0.5, 0.6) is 0 Å². The zero-order valence-corrected chi connectivity index (χ0v) is 7.51. The van der Waals surface area contributed by atoms with Crippen molar-refractivity contribution in [2.45, 2.75) is 19.8 Å². The van der Waals surface area contributed by atoms with Gasteiger partial charge in [0.25, 0.3) is 0 Å². The topological polar surface area (TPSA) is 17.1 Å². The Morgan fingerprint density at radius 2 is 2.15 bits per heavy atom. The Bertz CT molecular complexity index is 357. The molecule has 0 saturated heterocycles. The third-order valence-electron chi connectivity index (χ3n) is 2.51. The molecule has 0 saturated carbocycles.